The second kappa shape index (κ2) is 8.13. The topological polar surface area (TPSA) is 102 Å². The average Bonchev–Trinajstić information content (AvgIpc) is 3.22. The van der Waals surface area contributed by atoms with E-state index in [1.54, 1.807) is 18.5 Å². The number of hydrogen-bond donors (Lipinski definition) is 1. The van der Waals surface area contributed by atoms with Gasteiger partial charge in [0.25, 0.3) is 5.69 Å². The van der Waals surface area contributed by atoms with Gasteiger partial charge in [0.1, 0.15) is 0 Å². The summed E-state index contributed by atoms with van der Waals surface area (Å²) in [5.41, 5.74) is 2.10. The van der Waals surface area contributed by atoms with E-state index < -0.39 is 4.92 Å². The van der Waals surface area contributed by atoms with Crippen molar-refractivity contribution in [3.8, 4) is 0 Å². The van der Waals surface area contributed by atoms with E-state index in [0.29, 0.717) is 28.9 Å². The largest absolute Gasteiger partial charge is 0.340 e. The van der Waals surface area contributed by atoms with Crippen LogP contribution in [-0.2, 0) is 6.54 Å². The Kier molecular flexibility index (Phi) is 5.17. The van der Waals surface area contributed by atoms with Gasteiger partial charge in [-0.3, -0.25) is 10.1 Å². The van der Waals surface area contributed by atoms with Crippen molar-refractivity contribution in [2.45, 2.75) is 45.6 Å². The third-order valence-corrected chi connectivity index (χ3v) is 6.69. The van der Waals surface area contributed by atoms with Gasteiger partial charge in [-0.05, 0) is 37.7 Å². The molecular weight excluding hydrogens is 394 g/mol. The number of piperidine rings is 1. The minimum absolute atomic E-state index is 0.0361. The Labute approximate surface area is 180 Å². The summed E-state index contributed by atoms with van der Waals surface area (Å²) < 4.78 is 2.01. The van der Waals surface area contributed by atoms with Crippen LogP contribution < -0.4 is 10.2 Å². The predicted molar refractivity (Wildman–Crippen MR) is 120 cm³/mol. The molecule has 0 bridgehead atoms. The van der Waals surface area contributed by atoms with Crippen molar-refractivity contribution in [1.82, 2.24) is 19.5 Å². The fourth-order valence-corrected chi connectivity index (χ4v) is 5.01. The normalized spacial score (nSPS) is 21.1. The lowest BCUT2D eigenvalue weighted by molar-refractivity contribution is -0.384. The van der Waals surface area contributed by atoms with E-state index in [4.69, 9.17) is 9.97 Å². The highest BCUT2D eigenvalue weighted by molar-refractivity contribution is 5.86. The van der Waals surface area contributed by atoms with Gasteiger partial charge in [0, 0.05) is 37.5 Å². The van der Waals surface area contributed by atoms with Crippen LogP contribution in [0, 0.1) is 22.0 Å². The second-order valence-corrected chi connectivity index (χ2v) is 8.55. The minimum atomic E-state index is -0.397. The minimum Gasteiger partial charge on any atom is -0.340 e. The average molecular weight is 422 g/mol. The molecule has 1 saturated heterocycles. The molecule has 1 aliphatic heterocycles. The van der Waals surface area contributed by atoms with Crippen LogP contribution in [0.25, 0.3) is 11.2 Å². The Bertz CT molecular complexity index is 1110. The van der Waals surface area contributed by atoms with Crippen LogP contribution in [0.2, 0.25) is 0 Å². The summed E-state index contributed by atoms with van der Waals surface area (Å²) in [6.45, 7) is 4.77. The molecule has 1 aromatic carbocycles. The third kappa shape index (κ3) is 3.80. The van der Waals surface area contributed by atoms with Crippen LogP contribution in [0.4, 0.5) is 23.1 Å². The SMILES string of the molecule is CCn1cnc2c(Nc3cccc([N+](=O)[O-])c3)nc(N3CC[C@@H]4CCCC[C@H]4C3)nc21. The van der Waals surface area contributed by atoms with Gasteiger partial charge in [-0.1, -0.05) is 25.3 Å². The van der Waals surface area contributed by atoms with Gasteiger partial charge < -0.3 is 14.8 Å². The van der Waals surface area contributed by atoms with Gasteiger partial charge in [0.15, 0.2) is 17.0 Å². The number of hydrogen-bond acceptors (Lipinski definition) is 7. The number of aromatic nitrogens is 4. The zero-order valence-electron chi connectivity index (χ0n) is 17.7. The molecule has 0 spiro atoms. The molecule has 1 N–H and O–H groups in total. The molecule has 2 aromatic heterocycles. The first-order chi connectivity index (χ1) is 15.1. The number of nitro groups is 1. The number of benzene rings is 1. The van der Waals surface area contributed by atoms with Crippen molar-refractivity contribution in [2.75, 3.05) is 23.3 Å². The lowest BCUT2D eigenvalue weighted by Crippen LogP contribution is -2.42. The summed E-state index contributed by atoms with van der Waals surface area (Å²) in [5, 5.41) is 14.4. The van der Waals surface area contributed by atoms with E-state index in [1.165, 1.54) is 44.2 Å². The smallest absolute Gasteiger partial charge is 0.271 e. The standard InChI is InChI=1S/C22H27N7O2/c1-2-27-14-23-19-20(24-17-8-5-9-18(12-17)29(30)31)25-22(26-21(19)27)28-11-10-15-6-3-4-7-16(15)13-28/h5,8-9,12,14-16H,2-4,6-7,10-11,13H2,1H3,(H,24,25,26)/t15-,16-/m0/s1. The number of aryl methyl sites for hydroxylation is 1. The predicted octanol–water partition coefficient (Wildman–Crippen LogP) is 4.51. The van der Waals surface area contributed by atoms with E-state index in [-0.39, 0.29) is 5.69 Å². The van der Waals surface area contributed by atoms with Crippen molar-refractivity contribution in [3.05, 3.63) is 40.7 Å². The summed E-state index contributed by atoms with van der Waals surface area (Å²) in [6.07, 6.45) is 8.27. The Morgan fingerprint density at radius 2 is 2.03 bits per heavy atom. The summed E-state index contributed by atoms with van der Waals surface area (Å²) >= 11 is 0. The molecule has 0 amide bonds. The molecule has 2 fully saturated rings. The molecule has 9 nitrogen and oxygen atoms in total. The lowest BCUT2D eigenvalue weighted by Gasteiger charge is -2.41. The molecule has 5 rings (SSSR count). The molecule has 1 aliphatic carbocycles. The maximum atomic E-state index is 11.2. The fraction of sp³-hybridized carbons (Fsp3) is 0.500. The van der Waals surface area contributed by atoms with Gasteiger partial charge in [0.05, 0.1) is 11.3 Å². The number of non-ortho nitro benzene ring substituents is 1. The van der Waals surface area contributed by atoms with Crippen LogP contribution in [0.3, 0.4) is 0 Å². The number of anilines is 3. The van der Waals surface area contributed by atoms with E-state index in [0.717, 1.165) is 31.2 Å². The van der Waals surface area contributed by atoms with Crippen molar-refractivity contribution >= 4 is 34.3 Å². The highest BCUT2D eigenvalue weighted by Crippen LogP contribution is 2.37. The van der Waals surface area contributed by atoms with E-state index in [2.05, 4.69) is 22.1 Å². The zero-order chi connectivity index (χ0) is 21.4. The lowest BCUT2D eigenvalue weighted by atomic mass is 9.75. The molecule has 31 heavy (non-hydrogen) atoms. The van der Waals surface area contributed by atoms with Crippen LogP contribution in [0.1, 0.15) is 39.0 Å². The number of imidazole rings is 1. The zero-order valence-corrected chi connectivity index (χ0v) is 17.7. The van der Waals surface area contributed by atoms with Crippen LogP contribution >= 0.6 is 0 Å². The summed E-state index contributed by atoms with van der Waals surface area (Å²) in [7, 11) is 0. The quantitative estimate of drug-likeness (QED) is 0.477. The van der Waals surface area contributed by atoms with E-state index in [1.807, 2.05) is 4.57 Å². The first kappa shape index (κ1) is 19.7. The summed E-state index contributed by atoms with van der Waals surface area (Å²) in [4.78, 5) is 27.3. The number of nitrogens with zero attached hydrogens (tertiary/aromatic N) is 6. The van der Waals surface area contributed by atoms with Gasteiger partial charge >= 0.3 is 0 Å². The maximum Gasteiger partial charge on any atom is 0.271 e. The first-order valence-corrected chi connectivity index (χ1v) is 11.1. The second-order valence-electron chi connectivity index (χ2n) is 8.55. The van der Waals surface area contributed by atoms with Gasteiger partial charge in [-0.25, -0.2) is 4.98 Å². The molecule has 3 heterocycles. The van der Waals surface area contributed by atoms with Crippen molar-refractivity contribution in [3.63, 3.8) is 0 Å². The third-order valence-electron chi connectivity index (χ3n) is 6.69. The molecule has 2 atom stereocenters. The molecule has 9 heteroatoms. The number of nitro benzene ring substituents is 1. The summed E-state index contributed by atoms with van der Waals surface area (Å²) in [6, 6.07) is 6.45. The molecule has 1 saturated carbocycles. The van der Waals surface area contributed by atoms with Crippen LogP contribution in [0.15, 0.2) is 30.6 Å². The highest BCUT2D eigenvalue weighted by atomic mass is 16.6. The number of fused-ring (bicyclic) bond motifs is 2. The number of rotatable bonds is 5. The summed E-state index contributed by atoms with van der Waals surface area (Å²) in [5.74, 6) is 2.83. The van der Waals surface area contributed by atoms with Crippen molar-refractivity contribution < 1.29 is 4.92 Å². The Balaban J connectivity index is 1.51. The van der Waals surface area contributed by atoms with Crippen molar-refractivity contribution in [1.29, 1.82) is 0 Å². The molecule has 162 valence electrons. The van der Waals surface area contributed by atoms with E-state index in [9.17, 15) is 10.1 Å². The molecular formula is C22H27N7O2. The Morgan fingerprint density at radius 1 is 1.19 bits per heavy atom. The highest BCUT2D eigenvalue weighted by Gasteiger charge is 2.32. The van der Waals surface area contributed by atoms with Gasteiger partial charge in [0.2, 0.25) is 5.95 Å². The molecule has 2 aliphatic rings. The van der Waals surface area contributed by atoms with E-state index >= 15 is 0 Å². The Hall–Kier alpha value is -3.23. The Morgan fingerprint density at radius 3 is 2.84 bits per heavy atom. The molecule has 3 aromatic rings. The van der Waals surface area contributed by atoms with Gasteiger partial charge in [-0.15, -0.1) is 0 Å². The first-order valence-electron chi connectivity index (χ1n) is 11.1. The fourth-order valence-electron chi connectivity index (χ4n) is 5.01. The van der Waals surface area contributed by atoms with Crippen molar-refractivity contribution in [2.24, 2.45) is 11.8 Å². The number of nitrogens with one attached hydrogen (secondary N) is 1. The molecule has 0 unspecified atom stereocenters. The van der Waals surface area contributed by atoms with Gasteiger partial charge in [-0.2, -0.15) is 9.97 Å². The van der Waals surface area contributed by atoms with Crippen LogP contribution in [-0.4, -0.2) is 37.5 Å². The molecule has 0 radical (unpaired) electrons. The maximum absolute atomic E-state index is 11.2. The monoisotopic (exact) mass is 421 g/mol. The van der Waals surface area contributed by atoms with Crippen LogP contribution in [0.5, 0.6) is 0 Å².